The van der Waals surface area contributed by atoms with Crippen molar-refractivity contribution in [2.45, 2.75) is 44.9 Å². The molecule has 0 radical (unpaired) electrons. The minimum absolute atomic E-state index is 0.0585. The molecule has 0 amide bonds. The minimum Gasteiger partial charge on any atom is -0.504 e. The first-order chi connectivity index (χ1) is 9.43. The maximum atomic E-state index is 11.1. The number of phenolic OH excluding ortho intramolecular Hbond substituents is 1. The van der Waals surface area contributed by atoms with Gasteiger partial charge in [-0.3, -0.25) is 4.79 Å². The van der Waals surface area contributed by atoms with Gasteiger partial charge in [-0.1, -0.05) is 19.9 Å². The smallest absolute Gasteiger partial charge is 0.303 e. The average Bonchev–Trinajstić information content (AvgIpc) is 3.20. The molecule has 0 bridgehead atoms. The molecule has 1 saturated carbocycles. The summed E-state index contributed by atoms with van der Waals surface area (Å²) in [6.45, 7) is 4.14. The molecule has 4 nitrogen and oxygen atoms in total. The van der Waals surface area contributed by atoms with Crippen molar-refractivity contribution in [3.05, 3.63) is 23.3 Å². The van der Waals surface area contributed by atoms with Crippen LogP contribution in [0.3, 0.4) is 0 Å². The summed E-state index contributed by atoms with van der Waals surface area (Å²) in [6.07, 6.45) is 2.13. The fraction of sp³-hybridized carbons (Fsp3) is 0.562. The van der Waals surface area contributed by atoms with E-state index in [-0.39, 0.29) is 18.1 Å². The molecule has 1 atom stereocenters. The highest BCUT2D eigenvalue weighted by Gasteiger charge is 2.36. The van der Waals surface area contributed by atoms with Gasteiger partial charge in [0, 0.05) is 11.5 Å². The lowest BCUT2D eigenvalue weighted by atomic mass is 9.87. The van der Waals surface area contributed by atoms with E-state index >= 15 is 0 Å². The second kappa shape index (κ2) is 5.73. The zero-order valence-electron chi connectivity index (χ0n) is 12.2. The molecule has 20 heavy (non-hydrogen) atoms. The maximum absolute atomic E-state index is 11.1. The van der Waals surface area contributed by atoms with Gasteiger partial charge in [0.2, 0.25) is 0 Å². The topological polar surface area (TPSA) is 66.8 Å². The third-order valence-electron chi connectivity index (χ3n) is 4.00. The zero-order chi connectivity index (χ0) is 14.9. The van der Waals surface area contributed by atoms with Gasteiger partial charge in [0.25, 0.3) is 0 Å². The predicted molar refractivity (Wildman–Crippen MR) is 76.5 cm³/mol. The van der Waals surface area contributed by atoms with Gasteiger partial charge in [0.15, 0.2) is 11.5 Å². The molecule has 0 saturated heterocycles. The monoisotopic (exact) mass is 278 g/mol. The Bertz CT molecular complexity index is 503. The maximum Gasteiger partial charge on any atom is 0.303 e. The van der Waals surface area contributed by atoms with Gasteiger partial charge in [-0.2, -0.15) is 0 Å². The number of aromatic hydroxyl groups is 1. The highest BCUT2D eigenvalue weighted by molar-refractivity contribution is 5.69. The van der Waals surface area contributed by atoms with E-state index in [0.717, 1.165) is 24.0 Å². The molecule has 1 aliphatic carbocycles. The second-order valence-corrected chi connectivity index (χ2v) is 5.86. The van der Waals surface area contributed by atoms with Gasteiger partial charge in [-0.25, -0.2) is 0 Å². The second-order valence-electron chi connectivity index (χ2n) is 5.86. The Kier molecular flexibility index (Phi) is 4.21. The molecule has 1 aliphatic rings. The Balaban J connectivity index is 2.46. The fourth-order valence-electron chi connectivity index (χ4n) is 2.64. The van der Waals surface area contributed by atoms with Crippen molar-refractivity contribution in [1.82, 2.24) is 0 Å². The standard InChI is InChI=1S/C16H22O4/c1-9(2)11-6-13(16(19)14(7-11)20-3)12(8-15(17)18)10-4-5-10/h6-7,9-10,12,19H,4-5,8H2,1-3H3,(H,17,18). The van der Waals surface area contributed by atoms with E-state index in [1.54, 1.807) is 0 Å². The number of carboxylic acids is 1. The average molecular weight is 278 g/mol. The Morgan fingerprint density at radius 3 is 2.50 bits per heavy atom. The molecule has 110 valence electrons. The van der Waals surface area contributed by atoms with Crippen molar-refractivity contribution >= 4 is 5.97 Å². The normalized spacial score (nSPS) is 16.2. The van der Waals surface area contributed by atoms with E-state index in [9.17, 15) is 9.90 Å². The first-order valence-electron chi connectivity index (χ1n) is 7.06. The number of aliphatic carboxylic acids is 1. The van der Waals surface area contributed by atoms with E-state index < -0.39 is 5.97 Å². The summed E-state index contributed by atoms with van der Waals surface area (Å²) >= 11 is 0. The van der Waals surface area contributed by atoms with Gasteiger partial charge < -0.3 is 14.9 Å². The molecule has 1 aromatic rings. The molecular formula is C16H22O4. The minimum atomic E-state index is -0.824. The number of phenols is 1. The Labute approximate surface area is 119 Å². The third-order valence-corrected chi connectivity index (χ3v) is 4.00. The van der Waals surface area contributed by atoms with Gasteiger partial charge in [-0.15, -0.1) is 0 Å². The lowest BCUT2D eigenvalue weighted by Gasteiger charge is -2.20. The van der Waals surface area contributed by atoms with Crippen LogP contribution in [0.15, 0.2) is 12.1 Å². The van der Waals surface area contributed by atoms with Crippen LogP contribution in [0.25, 0.3) is 0 Å². The van der Waals surface area contributed by atoms with E-state index in [1.807, 2.05) is 12.1 Å². The van der Waals surface area contributed by atoms with Gasteiger partial charge in [0.05, 0.1) is 13.5 Å². The van der Waals surface area contributed by atoms with E-state index in [1.165, 1.54) is 7.11 Å². The van der Waals surface area contributed by atoms with Crippen molar-refractivity contribution in [2.24, 2.45) is 5.92 Å². The predicted octanol–water partition coefficient (Wildman–Crippen LogP) is 3.49. The van der Waals surface area contributed by atoms with Crippen LogP contribution in [0, 0.1) is 5.92 Å². The highest BCUT2D eigenvalue weighted by Crippen LogP contribution is 2.49. The summed E-state index contributed by atoms with van der Waals surface area (Å²) < 4.78 is 5.23. The molecule has 1 unspecified atom stereocenters. The Morgan fingerprint density at radius 1 is 1.40 bits per heavy atom. The lowest BCUT2D eigenvalue weighted by molar-refractivity contribution is -0.137. The number of hydrogen-bond acceptors (Lipinski definition) is 3. The summed E-state index contributed by atoms with van der Waals surface area (Å²) in [5.41, 5.74) is 1.78. The van der Waals surface area contributed by atoms with Crippen LogP contribution < -0.4 is 4.74 Å². The molecule has 2 rings (SSSR count). The van der Waals surface area contributed by atoms with Gasteiger partial charge in [-0.05, 0) is 36.3 Å². The zero-order valence-corrected chi connectivity index (χ0v) is 12.2. The van der Waals surface area contributed by atoms with Crippen LogP contribution in [0.1, 0.15) is 56.1 Å². The van der Waals surface area contributed by atoms with Crippen molar-refractivity contribution in [3.63, 3.8) is 0 Å². The van der Waals surface area contributed by atoms with Crippen LogP contribution in [0.4, 0.5) is 0 Å². The summed E-state index contributed by atoms with van der Waals surface area (Å²) in [4.78, 5) is 11.1. The Hall–Kier alpha value is -1.71. The van der Waals surface area contributed by atoms with Crippen molar-refractivity contribution in [2.75, 3.05) is 7.11 Å². The number of rotatable bonds is 6. The lowest BCUT2D eigenvalue weighted by Crippen LogP contribution is -2.10. The number of hydrogen-bond donors (Lipinski definition) is 2. The summed E-state index contributed by atoms with van der Waals surface area (Å²) in [5, 5.41) is 19.4. The van der Waals surface area contributed by atoms with E-state index in [0.29, 0.717) is 17.6 Å². The number of methoxy groups -OCH3 is 1. The molecule has 1 aromatic carbocycles. The number of carboxylic acid groups (broad SMARTS) is 1. The molecule has 2 N–H and O–H groups in total. The SMILES string of the molecule is COc1cc(C(C)C)cc(C(CC(=O)O)C2CC2)c1O. The number of carbonyl (C=O) groups is 1. The first kappa shape index (κ1) is 14.7. The Morgan fingerprint density at radius 2 is 2.05 bits per heavy atom. The van der Waals surface area contributed by atoms with E-state index in [4.69, 9.17) is 9.84 Å². The molecular weight excluding hydrogens is 256 g/mol. The molecule has 0 aromatic heterocycles. The van der Waals surface area contributed by atoms with Gasteiger partial charge in [0.1, 0.15) is 0 Å². The first-order valence-corrected chi connectivity index (χ1v) is 7.06. The summed E-state index contributed by atoms with van der Waals surface area (Å²) in [5.74, 6) is 0.240. The van der Waals surface area contributed by atoms with Crippen molar-refractivity contribution < 1.29 is 19.7 Å². The molecule has 4 heteroatoms. The highest BCUT2D eigenvalue weighted by atomic mass is 16.5. The van der Waals surface area contributed by atoms with Crippen LogP contribution in [0.5, 0.6) is 11.5 Å². The van der Waals surface area contributed by atoms with Gasteiger partial charge >= 0.3 is 5.97 Å². The van der Waals surface area contributed by atoms with Crippen LogP contribution in [-0.4, -0.2) is 23.3 Å². The van der Waals surface area contributed by atoms with Crippen LogP contribution in [0.2, 0.25) is 0 Å². The fourth-order valence-corrected chi connectivity index (χ4v) is 2.64. The third kappa shape index (κ3) is 3.06. The molecule has 0 spiro atoms. The summed E-state index contributed by atoms with van der Waals surface area (Å²) in [7, 11) is 1.52. The van der Waals surface area contributed by atoms with Crippen LogP contribution >= 0.6 is 0 Å². The number of benzene rings is 1. The largest absolute Gasteiger partial charge is 0.504 e. The van der Waals surface area contributed by atoms with E-state index in [2.05, 4.69) is 13.8 Å². The quantitative estimate of drug-likeness (QED) is 0.836. The molecule has 1 fully saturated rings. The van der Waals surface area contributed by atoms with Crippen molar-refractivity contribution in [3.8, 4) is 11.5 Å². The number of ether oxygens (including phenoxy) is 1. The molecule has 0 heterocycles. The van der Waals surface area contributed by atoms with Crippen molar-refractivity contribution in [1.29, 1.82) is 0 Å². The summed E-state index contributed by atoms with van der Waals surface area (Å²) in [6, 6.07) is 3.77. The van der Waals surface area contributed by atoms with Crippen LogP contribution in [-0.2, 0) is 4.79 Å². The molecule has 0 aliphatic heterocycles.